The molecule has 1 aliphatic carbocycles. The molecule has 3 rings (SSSR count). The van der Waals surface area contributed by atoms with Crippen molar-refractivity contribution in [2.24, 2.45) is 5.92 Å². The molecule has 0 aliphatic heterocycles. The lowest BCUT2D eigenvalue weighted by Gasteiger charge is -2.25. The number of nitrogens with zero attached hydrogens (tertiary/aromatic N) is 1. The van der Waals surface area contributed by atoms with Gasteiger partial charge in [0.05, 0.1) is 17.6 Å². The summed E-state index contributed by atoms with van der Waals surface area (Å²) >= 11 is 5.89. The maximum absolute atomic E-state index is 11.2. The molecule has 21 heavy (non-hydrogen) atoms. The Morgan fingerprint density at radius 2 is 2.14 bits per heavy atom. The molecule has 110 valence electrons. The maximum Gasteiger partial charge on any atom is 0.307 e. The molecule has 1 heterocycles. The van der Waals surface area contributed by atoms with E-state index in [0.717, 1.165) is 11.1 Å². The van der Waals surface area contributed by atoms with Crippen LogP contribution in [-0.2, 0) is 16.0 Å². The van der Waals surface area contributed by atoms with Crippen molar-refractivity contribution in [1.29, 1.82) is 0 Å². The zero-order valence-electron chi connectivity index (χ0n) is 11.4. The van der Waals surface area contributed by atoms with Crippen LogP contribution in [0.1, 0.15) is 23.8 Å². The van der Waals surface area contributed by atoms with E-state index >= 15 is 0 Å². The number of halogens is 1. The van der Waals surface area contributed by atoms with Crippen molar-refractivity contribution in [3.8, 4) is 11.3 Å². The summed E-state index contributed by atoms with van der Waals surface area (Å²) in [6.45, 7) is 0. The predicted molar refractivity (Wildman–Crippen MR) is 76.1 cm³/mol. The van der Waals surface area contributed by atoms with E-state index in [2.05, 4.69) is 5.16 Å². The van der Waals surface area contributed by atoms with E-state index in [1.807, 2.05) is 12.1 Å². The Hall–Kier alpha value is -1.85. The molecule has 1 aromatic heterocycles. The van der Waals surface area contributed by atoms with Crippen molar-refractivity contribution in [1.82, 2.24) is 5.16 Å². The molecule has 1 aliphatic rings. The third-order valence-corrected chi connectivity index (χ3v) is 4.06. The number of rotatable bonds is 3. The SMILES string of the molecule is COC1CC(C(=O)O)Cc2onc(-c3ccc(Cl)cc3)c21. The van der Waals surface area contributed by atoms with E-state index in [1.54, 1.807) is 19.2 Å². The molecule has 0 spiro atoms. The molecule has 1 aromatic carbocycles. The van der Waals surface area contributed by atoms with Crippen molar-refractivity contribution < 1.29 is 19.2 Å². The van der Waals surface area contributed by atoms with E-state index in [4.69, 9.17) is 20.9 Å². The number of carboxylic acid groups (broad SMARTS) is 1. The van der Waals surface area contributed by atoms with Crippen molar-refractivity contribution in [2.45, 2.75) is 18.9 Å². The van der Waals surface area contributed by atoms with Gasteiger partial charge in [0.25, 0.3) is 0 Å². The second-order valence-electron chi connectivity index (χ2n) is 5.07. The van der Waals surface area contributed by atoms with Gasteiger partial charge in [0.1, 0.15) is 11.5 Å². The van der Waals surface area contributed by atoms with Gasteiger partial charge in [-0.15, -0.1) is 0 Å². The standard InChI is InChI=1S/C15H14ClNO4/c1-20-11-6-9(15(18)19)7-12-13(11)14(17-21-12)8-2-4-10(16)5-3-8/h2-5,9,11H,6-7H2,1H3,(H,18,19). The monoisotopic (exact) mass is 307 g/mol. The number of hydrogen-bond acceptors (Lipinski definition) is 4. The summed E-state index contributed by atoms with van der Waals surface area (Å²) in [6.07, 6.45) is 0.429. The summed E-state index contributed by atoms with van der Waals surface area (Å²) in [6, 6.07) is 7.28. The summed E-state index contributed by atoms with van der Waals surface area (Å²) in [5, 5.41) is 13.9. The van der Waals surface area contributed by atoms with E-state index in [0.29, 0.717) is 29.3 Å². The third kappa shape index (κ3) is 2.54. The first kappa shape index (κ1) is 14.1. The molecule has 0 saturated carbocycles. The number of carboxylic acids is 1. The molecule has 0 saturated heterocycles. The Labute approximate surface area is 126 Å². The average molecular weight is 308 g/mol. The van der Waals surface area contributed by atoms with Gasteiger partial charge in [-0.3, -0.25) is 4.79 Å². The van der Waals surface area contributed by atoms with E-state index < -0.39 is 11.9 Å². The lowest BCUT2D eigenvalue weighted by molar-refractivity contribution is -0.143. The summed E-state index contributed by atoms with van der Waals surface area (Å²) in [5.74, 6) is -0.758. The Kier molecular flexibility index (Phi) is 3.69. The number of benzene rings is 1. The normalized spacial score (nSPS) is 21.0. The Balaban J connectivity index is 2.03. The highest BCUT2D eigenvalue weighted by Gasteiger charge is 2.36. The predicted octanol–water partition coefficient (Wildman–Crippen LogP) is 3.33. The van der Waals surface area contributed by atoms with Gasteiger partial charge in [-0.25, -0.2) is 0 Å². The van der Waals surface area contributed by atoms with E-state index in [-0.39, 0.29) is 6.10 Å². The van der Waals surface area contributed by atoms with Crippen LogP contribution >= 0.6 is 11.6 Å². The summed E-state index contributed by atoms with van der Waals surface area (Å²) in [5.41, 5.74) is 2.41. The first-order valence-corrected chi connectivity index (χ1v) is 6.98. The molecule has 0 fully saturated rings. The minimum absolute atomic E-state index is 0.327. The molecule has 2 aromatic rings. The first-order valence-electron chi connectivity index (χ1n) is 6.60. The van der Waals surface area contributed by atoms with Crippen LogP contribution < -0.4 is 0 Å². The van der Waals surface area contributed by atoms with Crippen LogP contribution in [0.3, 0.4) is 0 Å². The largest absolute Gasteiger partial charge is 0.481 e. The Bertz CT molecular complexity index is 665. The number of hydrogen-bond donors (Lipinski definition) is 1. The number of aromatic nitrogens is 1. The summed E-state index contributed by atoms with van der Waals surface area (Å²) in [7, 11) is 1.57. The first-order chi connectivity index (χ1) is 10.1. The fourth-order valence-corrected chi connectivity index (χ4v) is 2.84. The minimum atomic E-state index is -0.841. The molecule has 0 amide bonds. The highest BCUT2D eigenvalue weighted by atomic mass is 35.5. The van der Waals surface area contributed by atoms with Crippen LogP contribution in [0.15, 0.2) is 28.8 Å². The zero-order valence-corrected chi connectivity index (χ0v) is 12.1. The van der Waals surface area contributed by atoms with Crippen LogP contribution in [0.5, 0.6) is 0 Å². The molecular formula is C15H14ClNO4. The zero-order chi connectivity index (χ0) is 15.0. The van der Waals surface area contributed by atoms with Crippen LogP contribution in [0.2, 0.25) is 5.02 Å². The van der Waals surface area contributed by atoms with Gasteiger partial charge >= 0.3 is 5.97 Å². The van der Waals surface area contributed by atoms with Gasteiger partial charge in [-0.2, -0.15) is 0 Å². The number of fused-ring (bicyclic) bond motifs is 1. The van der Waals surface area contributed by atoms with Gasteiger partial charge in [0.15, 0.2) is 0 Å². The Morgan fingerprint density at radius 3 is 2.76 bits per heavy atom. The highest BCUT2D eigenvalue weighted by molar-refractivity contribution is 6.30. The molecular weight excluding hydrogens is 294 g/mol. The number of methoxy groups -OCH3 is 1. The molecule has 0 bridgehead atoms. The highest BCUT2D eigenvalue weighted by Crippen LogP contribution is 2.41. The van der Waals surface area contributed by atoms with Crippen LogP contribution in [0.4, 0.5) is 0 Å². The van der Waals surface area contributed by atoms with Crippen molar-refractivity contribution in [3.63, 3.8) is 0 Å². The van der Waals surface area contributed by atoms with Gasteiger partial charge in [-0.05, 0) is 18.6 Å². The van der Waals surface area contributed by atoms with Gasteiger partial charge in [-0.1, -0.05) is 28.9 Å². The molecule has 5 nitrogen and oxygen atoms in total. The lowest BCUT2D eigenvalue weighted by Crippen LogP contribution is -2.25. The van der Waals surface area contributed by atoms with Crippen LogP contribution in [0, 0.1) is 5.92 Å². The average Bonchev–Trinajstić information content (AvgIpc) is 2.91. The van der Waals surface area contributed by atoms with Crippen molar-refractivity contribution >= 4 is 17.6 Å². The molecule has 6 heteroatoms. The van der Waals surface area contributed by atoms with E-state index in [1.165, 1.54) is 0 Å². The smallest absolute Gasteiger partial charge is 0.307 e. The van der Waals surface area contributed by atoms with Gasteiger partial charge in [0, 0.05) is 24.1 Å². The number of aliphatic carboxylic acids is 1. The Morgan fingerprint density at radius 1 is 1.43 bits per heavy atom. The maximum atomic E-state index is 11.2. The van der Waals surface area contributed by atoms with Gasteiger partial charge < -0.3 is 14.4 Å². The van der Waals surface area contributed by atoms with E-state index in [9.17, 15) is 9.90 Å². The lowest BCUT2D eigenvalue weighted by atomic mass is 9.84. The van der Waals surface area contributed by atoms with Gasteiger partial charge in [0.2, 0.25) is 0 Å². The molecule has 1 N–H and O–H groups in total. The van der Waals surface area contributed by atoms with Crippen molar-refractivity contribution in [2.75, 3.05) is 7.11 Å². The summed E-state index contributed by atoms with van der Waals surface area (Å²) < 4.78 is 10.8. The third-order valence-electron chi connectivity index (χ3n) is 3.81. The molecule has 0 radical (unpaired) electrons. The fraction of sp³-hybridized carbons (Fsp3) is 0.333. The topological polar surface area (TPSA) is 72.6 Å². The van der Waals surface area contributed by atoms with Crippen LogP contribution in [0.25, 0.3) is 11.3 Å². The summed E-state index contributed by atoms with van der Waals surface area (Å²) in [4.78, 5) is 11.2. The minimum Gasteiger partial charge on any atom is -0.481 e. The second kappa shape index (κ2) is 5.50. The van der Waals surface area contributed by atoms with Crippen LogP contribution in [-0.4, -0.2) is 23.3 Å². The number of ether oxygens (including phenoxy) is 1. The quantitative estimate of drug-likeness (QED) is 0.941. The van der Waals surface area contributed by atoms with Crippen molar-refractivity contribution in [3.05, 3.63) is 40.6 Å². The molecule has 2 unspecified atom stereocenters. The fourth-order valence-electron chi connectivity index (χ4n) is 2.71. The second-order valence-corrected chi connectivity index (χ2v) is 5.51. The number of carbonyl (C=O) groups is 1. The molecule has 2 atom stereocenters.